The minimum Gasteiger partial charge on any atom is -0.418 e. The number of benzene rings is 1. The summed E-state index contributed by atoms with van der Waals surface area (Å²) < 4.78 is 129. The zero-order valence-corrected chi connectivity index (χ0v) is 14.2. The summed E-state index contributed by atoms with van der Waals surface area (Å²) in [5, 5.41) is 0. The quantitative estimate of drug-likeness (QED) is 0.468. The van der Waals surface area contributed by atoms with Crippen LogP contribution in [0.2, 0.25) is 0 Å². The van der Waals surface area contributed by atoms with Crippen molar-refractivity contribution >= 4 is 21.8 Å². The molecule has 0 nitrogen and oxygen atoms in total. The van der Waals surface area contributed by atoms with Crippen LogP contribution >= 0.6 is 0 Å². The predicted octanol–water partition coefficient (Wildman–Crippen LogP) is 2.73. The second kappa shape index (κ2) is 14.5. The van der Waals surface area contributed by atoms with E-state index in [1.807, 2.05) is 0 Å². The molecule has 17 heteroatoms. The Hall–Kier alpha value is 0.141. The largest absolute Gasteiger partial charge is 1.00 e. The Bertz CT molecular complexity index is 314. The Morgan fingerprint density at radius 1 is 0.478 bits per heavy atom. The summed E-state index contributed by atoms with van der Waals surface area (Å²) in [6.07, 6.45) is 0. The number of hydrogen-bond donors (Lipinski definition) is 0. The van der Waals surface area contributed by atoms with Gasteiger partial charge in [-0.05, 0) is 12.1 Å². The first-order valence-corrected chi connectivity index (χ1v) is 4.72. The van der Waals surface area contributed by atoms with Crippen molar-refractivity contribution < 1.29 is 108 Å². The third-order valence-electron chi connectivity index (χ3n) is 0.733. The molecule has 0 aromatic heterocycles. The van der Waals surface area contributed by atoms with E-state index < -0.39 is 21.8 Å². The first-order chi connectivity index (χ1) is 9.39. The van der Waals surface area contributed by atoms with Crippen LogP contribution in [0.3, 0.4) is 0 Å². The molecule has 23 heavy (non-hydrogen) atoms. The maximum atomic E-state index is 11.9. The third-order valence-corrected chi connectivity index (χ3v) is 0.733. The van der Waals surface area contributed by atoms with Crippen LogP contribution in [0, 0.1) is 5.82 Å². The Labute approximate surface area is 164 Å². The van der Waals surface area contributed by atoms with Gasteiger partial charge < -0.3 is 51.8 Å². The van der Waals surface area contributed by atoms with Crippen LogP contribution in [0.5, 0.6) is 0 Å². The fourth-order valence-electron chi connectivity index (χ4n) is 0.415. The van der Waals surface area contributed by atoms with E-state index in [2.05, 4.69) is 0 Å². The molecule has 0 unspecified atom stereocenters. The number of halogens is 13. The van der Waals surface area contributed by atoms with E-state index in [-0.39, 0.29) is 57.2 Å². The van der Waals surface area contributed by atoms with Gasteiger partial charge in [0.1, 0.15) is 5.82 Å². The van der Waals surface area contributed by atoms with Crippen molar-refractivity contribution in [3.05, 3.63) is 36.1 Å². The average Bonchev–Trinajstić information content (AvgIpc) is 2.09. The molecular weight excluding hydrogens is 391 g/mol. The fourth-order valence-corrected chi connectivity index (χ4v) is 0.415. The van der Waals surface area contributed by atoms with E-state index in [1.54, 1.807) is 18.2 Å². The summed E-state index contributed by atoms with van der Waals surface area (Å²) in [6, 6.07) is 7.94. The van der Waals surface area contributed by atoms with Gasteiger partial charge in [-0.25, -0.2) is 4.39 Å². The van der Waals surface area contributed by atoms with E-state index in [4.69, 9.17) is 0 Å². The van der Waals surface area contributed by atoms with Crippen LogP contribution < -0.4 is 51.4 Å². The van der Waals surface area contributed by atoms with Gasteiger partial charge in [-0.15, -0.1) is 0 Å². The SMILES string of the molecule is F[B-](F)(F)F.F[B-](F)(F)F.F[B-](F)(F)F.Fc1ccccc1.[K+]. The molecule has 0 spiro atoms. The van der Waals surface area contributed by atoms with Gasteiger partial charge in [0.2, 0.25) is 0 Å². The van der Waals surface area contributed by atoms with Gasteiger partial charge in [-0.1, -0.05) is 18.2 Å². The van der Waals surface area contributed by atoms with Gasteiger partial charge in [-0.3, -0.25) is 0 Å². The summed E-state index contributed by atoms with van der Waals surface area (Å²) in [5.74, 6) is -0.178. The Morgan fingerprint density at radius 2 is 0.652 bits per heavy atom. The topological polar surface area (TPSA) is 0 Å². The van der Waals surface area contributed by atoms with Crippen LogP contribution in [0.25, 0.3) is 0 Å². The summed E-state index contributed by atoms with van der Waals surface area (Å²) in [7, 11) is -18.0. The molecule has 1 aromatic carbocycles. The van der Waals surface area contributed by atoms with Crippen LogP contribution in [-0.4, -0.2) is 21.8 Å². The van der Waals surface area contributed by atoms with Crippen molar-refractivity contribution in [1.29, 1.82) is 0 Å². The fraction of sp³-hybridized carbons (Fsp3) is 0. The van der Waals surface area contributed by atoms with E-state index in [0.717, 1.165) is 0 Å². The number of rotatable bonds is 0. The predicted molar refractivity (Wildman–Crippen MR) is 57.0 cm³/mol. The zero-order chi connectivity index (χ0) is 18.6. The average molecular weight is 396 g/mol. The third kappa shape index (κ3) is 136. The molecule has 0 atom stereocenters. The number of hydrogen-bond acceptors (Lipinski definition) is 0. The van der Waals surface area contributed by atoms with Gasteiger partial charge in [0.15, 0.2) is 0 Å². The molecule has 0 heterocycles. The van der Waals surface area contributed by atoms with Crippen molar-refractivity contribution in [3.8, 4) is 0 Å². The molecule has 0 amide bonds. The van der Waals surface area contributed by atoms with Crippen LogP contribution in [0.15, 0.2) is 30.3 Å². The molecule has 0 bridgehead atoms. The maximum Gasteiger partial charge on any atom is 1.00 e. The molecule has 0 N–H and O–H groups in total. The molecule has 0 saturated heterocycles. The summed E-state index contributed by atoms with van der Waals surface area (Å²) >= 11 is 0. The summed E-state index contributed by atoms with van der Waals surface area (Å²) in [5.41, 5.74) is 0. The van der Waals surface area contributed by atoms with Gasteiger partial charge >= 0.3 is 73.1 Å². The molecule has 0 fully saturated rings. The normalized spacial score (nSPS) is 10.5. The first-order valence-electron chi connectivity index (χ1n) is 4.72. The molecule has 0 aliphatic rings. The molecule has 0 saturated carbocycles. The monoisotopic (exact) mass is 396 g/mol. The van der Waals surface area contributed by atoms with Gasteiger partial charge in [0, 0.05) is 0 Å². The van der Waals surface area contributed by atoms with Gasteiger partial charge in [0.25, 0.3) is 0 Å². The Morgan fingerprint density at radius 3 is 0.739 bits per heavy atom. The van der Waals surface area contributed by atoms with Crippen molar-refractivity contribution in [2.45, 2.75) is 0 Å². The second-order valence-corrected chi connectivity index (χ2v) is 2.78. The first kappa shape index (κ1) is 31.0. The second-order valence-electron chi connectivity index (χ2n) is 2.78. The van der Waals surface area contributed by atoms with E-state index >= 15 is 0 Å². The van der Waals surface area contributed by atoms with Crippen molar-refractivity contribution in [1.82, 2.24) is 0 Å². The van der Waals surface area contributed by atoms with Crippen LogP contribution in [-0.2, 0) is 0 Å². The summed E-state index contributed by atoms with van der Waals surface area (Å²) in [6.45, 7) is 0. The minimum atomic E-state index is -6.00. The van der Waals surface area contributed by atoms with E-state index in [9.17, 15) is 56.2 Å². The smallest absolute Gasteiger partial charge is 0.418 e. The van der Waals surface area contributed by atoms with Crippen molar-refractivity contribution in [3.63, 3.8) is 0 Å². The molecule has 0 aliphatic heterocycles. The standard InChI is InChI=1S/C6H5F.3BF4.K/c7-6-4-2-1-3-5-6;3*2-1(3,4)5;/h1-5H;;;;/q;3*-1;+1. The zero-order valence-electron chi connectivity index (χ0n) is 11.0. The molecule has 0 aliphatic carbocycles. The van der Waals surface area contributed by atoms with Crippen molar-refractivity contribution in [2.24, 2.45) is 0 Å². The molecule has 132 valence electrons. The van der Waals surface area contributed by atoms with Crippen LogP contribution in [0.4, 0.5) is 56.2 Å². The minimum absolute atomic E-state index is 0. The molecular formula is C6H5B3F13K-2. The maximum absolute atomic E-state index is 11.9. The molecule has 1 rings (SSSR count). The van der Waals surface area contributed by atoms with E-state index in [1.165, 1.54) is 12.1 Å². The van der Waals surface area contributed by atoms with Crippen molar-refractivity contribution in [2.75, 3.05) is 0 Å². The van der Waals surface area contributed by atoms with Gasteiger partial charge in [0.05, 0.1) is 0 Å². The Kier molecular flexibility index (Phi) is 19.5. The molecule has 0 radical (unpaired) electrons. The van der Waals surface area contributed by atoms with Gasteiger partial charge in [-0.2, -0.15) is 0 Å². The van der Waals surface area contributed by atoms with Crippen LogP contribution in [0.1, 0.15) is 0 Å². The Balaban J connectivity index is -0.000000105. The van der Waals surface area contributed by atoms with E-state index in [0.29, 0.717) is 0 Å². The summed E-state index contributed by atoms with van der Waals surface area (Å²) in [4.78, 5) is 0. The molecule has 1 aromatic rings.